The van der Waals surface area contributed by atoms with Crippen LogP contribution in [0, 0.1) is 0 Å². The molecule has 0 bridgehead atoms. The molecular formula is C16H19NO2. The number of benzene rings is 2. The van der Waals surface area contributed by atoms with E-state index in [1.807, 2.05) is 54.6 Å². The van der Waals surface area contributed by atoms with Crippen LogP contribution in [0.25, 0.3) is 0 Å². The summed E-state index contributed by atoms with van der Waals surface area (Å²) < 4.78 is 11.3. The van der Waals surface area contributed by atoms with Gasteiger partial charge in [-0.15, -0.1) is 0 Å². The fourth-order valence-corrected chi connectivity index (χ4v) is 1.83. The molecule has 0 saturated carbocycles. The fraction of sp³-hybridized carbons (Fsp3) is 0.250. The largest absolute Gasteiger partial charge is 0.490 e. The van der Waals surface area contributed by atoms with E-state index in [9.17, 15) is 0 Å². The van der Waals surface area contributed by atoms with Crippen LogP contribution >= 0.6 is 0 Å². The van der Waals surface area contributed by atoms with E-state index in [1.54, 1.807) is 0 Å². The fourth-order valence-electron chi connectivity index (χ4n) is 1.83. The van der Waals surface area contributed by atoms with Crippen LogP contribution in [0.2, 0.25) is 0 Å². The minimum atomic E-state index is 0.524. The zero-order valence-corrected chi connectivity index (χ0v) is 10.9. The van der Waals surface area contributed by atoms with Gasteiger partial charge in [-0.25, -0.2) is 0 Å². The van der Waals surface area contributed by atoms with Gasteiger partial charge in [0.25, 0.3) is 0 Å². The Bertz CT molecular complexity index is 485. The molecule has 2 N–H and O–H groups in total. The second-order valence-electron chi connectivity index (χ2n) is 4.16. The Morgan fingerprint density at radius 2 is 1.47 bits per heavy atom. The normalized spacial score (nSPS) is 10.2. The molecule has 2 aromatic carbocycles. The number of ether oxygens (including phenoxy) is 2. The first-order chi connectivity index (χ1) is 9.40. The Morgan fingerprint density at radius 1 is 0.789 bits per heavy atom. The van der Waals surface area contributed by atoms with Gasteiger partial charge in [0.15, 0.2) is 0 Å². The molecule has 0 atom stereocenters. The molecule has 0 amide bonds. The van der Waals surface area contributed by atoms with Crippen LogP contribution in [0.3, 0.4) is 0 Å². The lowest BCUT2D eigenvalue weighted by Crippen LogP contribution is -2.11. The third-order valence-electron chi connectivity index (χ3n) is 2.74. The summed E-state index contributed by atoms with van der Waals surface area (Å²) in [7, 11) is 0. The van der Waals surface area contributed by atoms with E-state index in [2.05, 4.69) is 0 Å². The minimum absolute atomic E-state index is 0.524. The van der Waals surface area contributed by atoms with E-state index < -0.39 is 0 Å². The van der Waals surface area contributed by atoms with Crippen LogP contribution in [-0.4, -0.2) is 19.8 Å². The Kier molecular flexibility index (Phi) is 5.26. The average Bonchev–Trinajstić information content (AvgIpc) is 2.47. The van der Waals surface area contributed by atoms with Crippen LogP contribution in [0.15, 0.2) is 54.6 Å². The number of nitrogens with two attached hydrogens (primary N) is 1. The van der Waals surface area contributed by atoms with Crippen molar-refractivity contribution in [3.63, 3.8) is 0 Å². The number of para-hydroxylation sites is 2. The molecule has 3 nitrogen and oxygen atoms in total. The van der Waals surface area contributed by atoms with E-state index in [1.165, 1.54) is 0 Å². The summed E-state index contributed by atoms with van der Waals surface area (Å²) in [6.45, 7) is 1.68. The number of hydrogen-bond acceptors (Lipinski definition) is 3. The van der Waals surface area contributed by atoms with Gasteiger partial charge in [-0.3, -0.25) is 0 Å². The summed E-state index contributed by atoms with van der Waals surface area (Å²) in [4.78, 5) is 0. The quantitative estimate of drug-likeness (QED) is 0.775. The van der Waals surface area contributed by atoms with Gasteiger partial charge in [0.1, 0.15) is 24.7 Å². The van der Waals surface area contributed by atoms with Gasteiger partial charge in [0.05, 0.1) is 0 Å². The zero-order valence-electron chi connectivity index (χ0n) is 10.9. The van der Waals surface area contributed by atoms with Gasteiger partial charge in [0.2, 0.25) is 0 Å². The van der Waals surface area contributed by atoms with Gasteiger partial charge in [-0.05, 0) is 36.7 Å². The van der Waals surface area contributed by atoms with Crippen molar-refractivity contribution in [1.29, 1.82) is 0 Å². The van der Waals surface area contributed by atoms with Crippen molar-refractivity contribution < 1.29 is 9.47 Å². The van der Waals surface area contributed by atoms with E-state index in [-0.39, 0.29) is 0 Å². The smallest absolute Gasteiger partial charge is 0.122 e. The lowest BCUT2D eigenvalue weighted by molar-refractivity contribution is 0.216. The van der Waals surface area contributed by atoms with Crippen molar-refractivity contribution in [3.05, 3.63) is 60.2 Å². The summed E-state index contributed by atoms with van der Waals surface area (Å²) in [6, 6.07) is 17.7. The van der Waals surface area contributed by atoms with Gasteiger partial charge in [-0.2, -0.15) is 0 Å². The Balaban J connectivity index is 1.79. The molecule has 0 aliphatic carbocycles. The molecule has 0 fully saturated rings. The molecule has 0 aromatic heterocycles. The van der Waals surface area contributed by atoms with Crippen molar-refractivity contribution in [2.45, 2.75) is 6.42 Å². The second-order valence-corrected chi connectivity index (χ2v) is 4.16. The maximum Gasteiger partial charge on any atom is 0.122 e. The van der Waals surface area contributed by atoms with E-state index in [4.69, 9.17) is 15.2 Å². The topological polar surface area (TPSA) is 44.5 Å². The molecule has 0 radical (unpaired) electrons. The third-order valence-corrected chi connectivity index (χ3v) is 2.74. The van der Waals surface area contributed by atoms with Crippen molar-refractivity contribution in [2.75, 3.05) is 19.8 Å². The minimum Gasteiger partial charge on any atom is -0.490 e. The summed E-state index contributed by atoms with van der Waals surface area (Å²) >= 11 is 0. The van der Waals surface area contributed by atoms with Gasteiger partial charge in [-0.1, -0.05) is 36.4 Å². The van der Waals surface area contributed by atoms with Gasteiger partial charge >= 0.3 is 0 Å². The number of hydrogen-bond donors (Lipinski definition) is 1. The Morgan fingerprint density at radius 3 is 2.26 bits per heavy atom. The third kappa shape index (κ3) is 4.30. The van der Waals surface area contributed by atoms with Crippen molar-refractivity contribution in [1.82, 2.24) is 0 Å². The summed E-state index contributed by atoms with van der Waals surface area (Å²) in [5, 5.41) is 0. The average molecular weight is 257 g/mol. The standard InChI is InChI=1S/C16H19NO2/c17-11-10-14-6-4-5-9-16(14)19-13-12-18-15-7-2-1-3-8-15/h1-9H,10-13,17H2. The van der Waals surface area contributed by atoms with Crippen molar-refractivity contribution in [2.24, 2.45) is 5.73 Å². The first kappa shape index (κ1) is 13.4. The van der Waals surface area contributed by atoms with E-state index in [0.717, 1.165) is 23.5 Å². The molecule has 0 saturated heterocycles. The molecule has 100 valence electrons. The molecule has 19 heavy (non-hydrogen) atoms. The molecule has 2 rings (SSSR count). The molecule has 2 aromatic rings. The highest BCUT2D eigenvalue weighted by Gasteiger charge is 2.01. The predicted octanol–water partition coefficient (Wildman–Crippen LogP) is 2.65. The van der Waals surface area contributed by atoms with Crippen LogP contribution in [0.1, 0.15) is 5.56 Å². The van der Waals surface area contributed by atoms with Crippen molar-refractivity contribution >= 4 is 0 Å². The molecular weight excluding hydrogens is 238 g/mol. The van der Waals surface area contributed by atoms with Crippen LogP contribution < -0.4 is 15.2 Å². The summed E-state index contributed by atoms with van der Waals surface area (Å²) in [5.74, 6) is 1.76. The van der Waals surface area contributed by atoms with Crippen LogP contribution in [0.4, 0.5) is 0 Å². The lowest BCUT2D eigenvalue weighted by atomic mass is 10.1. The molecule has 0 spiro atoms. The summed E-state index contributed by atoms with van der Waals surface area (Å²) in [6.07, 6.45) is 0.829. The SMILES string of the molecule is NCCc1ccccc1OCCOc1ccccc1. The Labute approximate surface area is 114 Å². The van der Waals surface area contributed by atoms with E-state index >= 15 is 0 Å². The molecule has 0 unspecified atom stereocenters. The molecule has 0 aliphatic heterocycles. The monoisotopic (exact) mass is 257 g/mol. The highest BCUT2D eigenvalue weighted by molar-refractivity contribution is 5.33. The second kappa shape index (κ2) is 7.44. The summed E-state index contributed by atoms with van der Waals surface area (Å²) in [5.41, 5.74) is 6.72. The number of rotatable bonds is 7. The first-order valence-electron chi connectivity index (χ1n) is 6.49. The van der Waals surface area contributed by atoms with Crippen LogP contribution in [-0.2, 0) is 6.42 Å². The maximum absolute atomic E-state index is 5.73. The maximum atomic E-state index is 5.73. The highest BCUT2D eigenvalue weighted by Crippen LogP contribution is 2.18. The molecule has 0 heterocycles. The first-order valence-corrected chi connectivity index (χ1v) is 6.49. The zero-order chi connectivity index (χ0) is 13.3. The van der Waals surface area contributed by atoms with Gasteiger partial charge in [0, 0.05) is 0 Å². The van der Waals surface area contributed by atoms with Crippen LogP contribution in [0.5, 0.6) is 11.5 Å². The molecule has 3 heteroatoms. The lowest BCUT2D eigenvalue weighted by Gasteiger charge is -2.11. The highest BCUT2D eigenvalue weighted by atomic mass is 16.5. The van der Waals surface area contributed by atoms with Crippen molar-refractivity contribution in [3.8, 4) is 11.5 Å². The van der Waals surface area contributed by atoms with Gasteiger partial charge < -0.3 is 15.2 Å². The Hall–Kier alpha value is -2.00. The predicted molar refractivity (Wildman–Crippen MR) is 76.6 cm³/mol. The molecule has 0 aliphatic rings. The van der Waals surface area contributed by atoms with E-state index in [0.29, 0.717) is 19.8 Å².